The molecule has 4 heteroatoms. The van der Waals surface area contributed by atoms with Crippen LogP contribution in [-0.4, -0.2) is 17.6 Å². The van der Waals surface area contributed by atoms with Crippen molar-refractivity contribution in [3.05, 3.63) is 17.8 Å². The largest absolute Gasteiger partial charge is 0.396 e. The van der Waals surface area contributed by atoms with Crippen molar-refractivity contribution in [1.82, 2.24) is 4.98 Å². The second kappa shape index (κ2) is 4.62. The summed E-state index contributed by atoms with van der Waals surface area (Å²) in [4.78, 5) is 6.62. The predicted octanol–water partition coefficient (Wildman–Crippen LogP) is 2.16. The Kier molecular flexibility index (Phi) is 3.19. The molecule has 1 saturated heterocycles. The second-order valence-corrected chi connectivity index (χ2v) is 4.90. The number of pyridine rings is 1. The lowest BCUT2D eigenvalue weighted by molar-refractivity contribution is 0.490. The highest BCUT2D eigenvalue weighted by atomic mass is 15.2. The Morgan fingerprint density at radius 3 is 2.94 bits per heavy atom. The fourth-order valence-corrected chi connectivity index (χ4v) is 2.52. The average Bonchev–Trinajstić information content (AvgIpc) is 2.77. The van der Waals surface area contributed by atoms with Crippen LogP contribution >= 0.6 is 0 Å². The maximum absolute atomic E-state index is 8.80. The minimum Gasteiger partial charge on any atom is -0.396 e. The molecule has 1 aromatic rings. The molecular formula is C13H18N4. The first-order valence-electron chi connectivity index (χ1n) is 6.05. The third-order valence-electron chi connectivity index (χ3n) is 3.37. The summed E-state index contributed by atoms with van der Waals surface area (Å²) in [5.74, 6) is 1.43. The maximum atomic E-state index is 8.80. The second-order valence-electron chi connectivity index (χ2n) is 4.90. The summed E-state index contributed by atoms with van der Waals surface area (Å²) in [6, 6.07) is 4.28. The van der Waals surface area contributed by atoms with Gasteiger partial charge in [-0.15, -0.1) is 0 Å². The van der Waals surface area contributed by atoms with Crippen molar-refractivity contribution in [2.24, 2.45) is 5.92 Å². The Balaban J connectivity index is 2.31. The van der Waals surface area contributed by atoms with Gasteiger partial charge in [-0.25, -0.2) is 4.98 Å². The summed E-state index contributed by atoms with van der Waals surface area (Å²) in [6.45, 7) is 5.46. The van der Waals surface area contributed by atoms with Crippen molar-refractivity contribution < 1.29 is 0 Å². The molecule has 0 aliphatic carbocycles. The first-order valence-corrected chi connectivity index (χ1v) is 6.05. The molecule has 1 aromatic heterocycles. The van der Waals surface area contributed by atoms with Crippen LogP contribution in [0.25, 0.3) is 0 Å². The van der Waals surface area contributed by atoms with Crippen LogP contribution in [0, 0.1) is 17.2 Å². The topological polar surface area (TPSA) is 65.9 Å². The van der Waals surface area contributed by atoms with Gasteiger partial charge in [0.1, 0.15) is 6.07 Å². The van der Waals surface area contributed by atoms with Crippen LogP contribution in [0.2, 0.25) is 0 Å². The molecule has 0 saturated carbocycles. The fourth-order valence-electron chi connectivity index (χ4n) is 2.52. The van der Waals surface area contributed by atoms with Crippen molar-refractivity contribution in [2.45, 2.75) is 32.7 Å². The van der Waals surface area contributed by atoms with Crippen LogP contribution in [0.5, 0.6) is 0 Å². The Labute approximate surface area is 102 Å². The van der Waals surface area contributed by atoms with E-state index in [4.69, 9.17) is 11.0 Å². The van der Waals surface area contributed by atoms with E-state index >= 15 is 0 Å². The Bertz CT molecular complexity index is 447. The highest BCUT2D eigenvalue weighted by Crippen LogP contribution is 2.31. The quantitative estimate of drug-likeness (QED) is 0.845. The van der Waals surface area contributed by atoms with Gasteiger partial charge in [0.2, 0.25) is 0 Å². The van der Waals surface area contributed by atoms with Gasteiger partial charge in [-0.1, -0.05) is 13.8 Å². The van der Waals surface area contributed by atoms with Gasteiger partial charge >= 0.3 is 0 Å². The van der Waals surface area contributed by atoms with Gasteiger partial charge in [-0.2, -0.15) is 5.26 Å². The zero-order chi connectivity index (χ0) is 12.4. The van der Waals surface area contributed by atoms with Crippen molar-refractivity contribution in [3.63, 3.8) is 0 Å². The minimum atomic E-state index is 0.512. The Morgan fingerprint density at radius 2 is 2.35 bits per heavy atom. The molecule has 4 nitrogen and oxygen atoms in total. The monoisotopic (exact) mass is 230 g/mol. The molecule has 0 bridgehead atoms. The first kappa shape index (κ1) is 11.7. The van der Waals surface area contributed by atoms with E-state index in [0.29, 0.717) is 23.2 Å². The zero-order valence-electron chi connectivity index (χ0n) is 10.3. The third kappa shape index (κ3) is 2.19. The molecule has 1 unspecified atom stereocenters. The van der Waals surface area contributed by atoms with Gasteiger partial charge in [-0.3, -0.25) is 0 Å². The third-order valence-corrected chi connectivity index (χ3v) is 3.37. The average molecular weight is 230 g/mol. The van der Waals surface area contributed by atoms with Gasteiger partial charge in [-0.05, 0) is 24.8 Å². The van der Waals surface area contributed by atoms with E-state index in [2.05, 4.69) is 29.8 Å². The molecule has 1 atom stereocenters. The highest BCUT2D eigenvalue weighted by molar-refractivity contribution is 5.65. The number of nitrogens with two attached hydrogens (primary N) is 1. The number of aromatic nitrogens is 1. The SMILES string of the molecule is CC(C)C1CCCN1c1ncc(C#N)cc1N. The predicted molar refractivity (Wildman–Crippen MR) is 68.6 cm³/mol. The fraction of sp³-hybridized carbons (Fsp3) is 0.538. The molecule has 0 amide bonds. The summed E-state index contributed by atoms with van der Waals surface area (Å²) >= 11 is 0. The van der Waals surface area contributed by atoms with E-state index in [1.807, 2.05) is 0 Å². The normalized spacial score (nSPS) is 19.6. The van der Waals surface area contributed by atoms with E-state index in [1.165, 1.54) is 12.8 Å². The molecule has 2 rings (SSSR count). The number of rotatable bonds is 2. The molecule has 17 heavy (non-hydrogen) atoms. The summed E-state index contributed by atoms with van der Waals surface area (Å²) in [5, 5.41) is 8.80. The lowest BCUT2D eigenvalue weighted by Crippen LogP contribution is -2.34. The molecule has 1 aliphatic rings. The lowest BCUT2D eigenvalue weighted by atomic mass is 10.0. The van der Waals surface area contributed by atoms with Crippen LogP contribution in [0.4, 0.5) is 11.5 Å². The summed E-state index contributed by atoms with van der Waals surface area (Å²) in [6.07, 6.45) is 3.98. The van der Waals surface area contributed by atoms with E-state index in [0.717, 1.165) is 12.4 Å². The first-order chi connectivity index (χ1) is 8.13. The minimum absolute atomic E-state index is 0.512. The number of nitriles is 1. The molecule has 2 N–H and O–H groups in total. The summed E-state index contributed by atoms with van der Waals surface area (Å²) in [7, 11) is 0. The molecule has 1 fully saturated rings. The standard InChI is InChI=1S/C13H18N4/c1-9(2)12-4-3-5-17(12)13-11(15)6-10(7-14)8-16-13/h6,8-9,12H,3-5,15H2,1-2H3. The number of nitrogens with zero attached hydrogens (tertiary/aromatic N) is 3. The molecule has 2 heterocycles. The molecular weight excluding hydrogens is 212 g/mol. The number of hydrogen-bond donors (Lipinski definition) is 1. The number of nitrogen functional groups attached to an aromatic ring is 1. The van der Waals surface area contributed by atoms with Gasteiger partial charge in [0.15, 0.2) is 5.82 Å². The van der Waals surface area contributed by atoms with Crippen molar-refractivity contribution in [2.75, 3.05) is 17.2 Å². The maximum Gasteiger partial charge on any atom is 0.152 e. The van der Waals surface area contributed by atoms with Crippen molar-refractivity contribution in [3.8, 4) is 6.07 Å². The summed E-state index contributed by atoms with van der Waals surface area (Å²) in [5.41, 5.74) is 7.11. The van der Waals surface area contributed by atoms with Crippen LogP contribution in [-0.2, 0) is 0 Å². The molecule has 0 spiro atoms. The van der Waals surface area contributed by atoms with Crippen LogP contribution < -0.4 is 10.6 Å². The van der Waals surface area contributed by atoms with Gasteiger partial charge in [0.25, 0.3) is 0 Å². The highest BCUT2D eigenvalue weighted by Gasteiger charge is 2.29. The molecule has 1 aliphatic heterocycles. The molecule has 90 valence electrons. The van der Waals surface area contributed by atoms with Gasteiger partial charge in [0.05, 0.1) is 11.3 Å². The molecule has 0 aromatic carbocycles. The smallest absolute Gasteiger partial charge is 0.152 e. The lowest BCUT2D eigenvalue weighted by Gasteiger charge is -2.29. The van der Waals surface area contributed by atoms with Gasteiger partial charge < -0.3 is 10.6 Å². The Morgan fingerprint density at radius 1 is 1.59 bits per heavy atom. The van der Waals surface area contributed by atoms with Crippen LogP contribution in [0.1, 0.15) is 32.3 Å². The van der Waals surface area contributed by atoms with E-state index in [9.17, 15) is 0 Å². The van der Waals surface area contributed by atoms with Crippen LogP contribution in [0.3, 0.4) is 0 Å². The summed E-state index contributed by atoms with van der Waals surface area (Å²) < 4.78 is 0. The van der Waals surface area contributed by atoms with E-state index < -0.39 is 0 Å². The van der Waals surface area contributed by atoms with Crippen LogP contribution in [0.15, 0.2) is 12.3 Å². The molecule has 0 radical (unpaired) electrons. The van der Waals surface area contributed by atoms with Crippen molar-refractivity contribution in [1.29, 1.82) is 5.26 Å². The van der Waals surface area contributed by atoms with Gasteiger partial charge in [0, 0.05) is 18.8 Å². The van der Waals surface area contributed by atoms with Crippen molar-refractivity contribution >= 4 is 11.5 Å². The van der Waals surface area contributed by atoms with E-state index in [-0.39, 0.29) is 0 Å². The zero-order valence-corrected chi connectivity index (χ0v) is 10.3. The Hall–Kier alpha value is -1.76. The number of hydrogen-bond acceptors (Lipinski definition) is 4. The number of anilines is 2. The van der Waals surface area contributed by atoms with E-state index in [1.54, 1.807) is 12.3 Å².